The van der Waals surface area contributed by atoms with E-state index in [0.29, 0.717) is 27.7 Å². The molecule has 1 atom stereocenters. The van der Waals surface area contributed by atoms with E-state index in [1.165, 1.54) is 35.6 Å². The second kappa shape index (κ2) is 7.76. The summed E-state index contributed by atoms with van der Waals surface area (Å²) >= 11 is 1.19. The van der Waals surface area contributed by atoms with Crippen molar-refractivity contribution in [1.29, 1.82) is 0 Å². The number of nitro benzene ring substituents is 1. The number of nitrogens with one attached hydrogen (secondary N) is 1. The van der Waals surface area contributed by atoms with Crippen molar-refractivity contribution in [2.75, 3.05) is 5.32 Å². The lowest BCUT2D eigenvalue weighted by Crippen LogP contribution is -2.28. The first-order valence-electron chi connectivity index (χ1n) is 8.49. The van der Waals surface area contributed by atoms with E-state index in [-0.39, 0.29) is 12.1 Å². The van der Waals surface area contributed by atoms with Crippen LogP contribution in [0.3, 0.4) is 0 Å². The topological polar surface area (TPSA) is 107 Å². The molecule has 2 heterocycles. The number of benzene rings is 2. The third-order valence-electron chi connectivity index (χ3n) is 4.21. The molecular formula is C19H13FN4O4S. The van der Waals surface area contributed by atoms with Gasteiger partial charge in [-0.15, -0.1) is 11.3 Å². The van der Waals surface area contributed by atoms with E-state index < -0.39 is 22.8 Å². The van der Waals surface area contributed by atoms with Crippen molar-refractivity contribution in [3.05, 3.63) is 75.4 Å². The Morgan fingerprint density at radius 1 is 1.24 bits per heavy atom. The Morgan fingerprint density at radius 2 is 2.03 bits per heavy atom. The predicted octanol–water partition coefficient (Wildman–Crippen LogP) is 3.99. The van der Waals surface area contributed by atoms with Crippen LogP contribution in [0.4, 0.5) is 15.2 Å². The number of carbonyl (C=O) groups excluding carboxylic acids is 1. The first-order valence-corrected chi connectivity index (χ1v) is 9.37. The number of thiazole rings is 1. The number of nitro groups is 1. The Bertz CT molecular complexity index is 1130. The van der Waals surface area contributed by atoms with Gasteiger partial charge in [-0.1, -0.05) is 29.4 Å². The summed E-state index contributed by atoms with van der Waals surface area (Å²) in [4.78, 5) is 32.4. The molecule has 0 radical (unpaired) electrons. The van der Waals surface area contributed by atoms with E-state index in [1.54, 1.807) is 29.6 Å². The minimum atomic E-state index is -0.849. The van der Waals surface area contributed by atoms with Crippen LogP contribution < -0.4 is 5.32 Å². The summed E-state index contributed by atoms with van der Waals surface area (Å²) < 4.78 is 13.4. The summed E-state index contributed by atoms with van der Waals surface area (Å²) in [5, 5.41) is 19.5. The lowest BCUT2D eigenvalue weighted by Gasteiger charge is -2.07. The van der Waals surface area contributed by atoms with Gasteiger partial charge in [0.1, 0.15) is 5.82 Å². The zero-order chi connectivity index (χ0) is 20.4. The van der Waals surface area contributed by atoms with Crippen LogP contribution in [-0.2, 0) is 9.63 Å². The molecule has 4 rings (SSSR count). The molecule has 1 amide bonds. The Labute approximate surface area is 167 Å². The van der Waals surface area contributed by atoms with Crippen molar-refractivity contribution in [2.45, 2.75) is 12.5 Å². The highest BCUT2D eigenvalue weighted by Gasteiger charge is 2.29. The van der Waals surface area contributed by atoms with E-state index in [1.807, 2.05) is 0 Å². The van der Waals surface area contributed by atoms with Gasteiger partial charge in [-0.25, -0.2) is 9.37 Å². The maximum Gasteiger partial charge on any atom is 0.270 e. The fraction of sp³-hybridized carbons (Fsp3) is 0.105. The quantitative estimate of drug-likeness (QED) is 0.504. The molecule has 146 valence electrons. The number of nitrogens with zero attached hydrogens (tertiary/aromatic N) is 3. The van der Waals surface area contributed by atoms with Crippen LogP contribution in [0.5, 0.6) is 0 Å². The van der Waals surface area contributed by atoms with Gasteiger partial charge in [-0.05, 0) is 12.1 Å². The monoisotopic (exact) mass is 412 g/mol. The standard InChI is InChI=1S/C19H13FN4O4S/c20-13-5-1-3-11(7-13)15-9-17(28-23-15)18(25)22-19-21-16(10-29-19)12-4-2-6-14(8-12)24(26)27/h1-8,10,17H,9H2,(H,21,22,25). The fourth-order valence-corrected chi connectivity index (χ4v) is 3.51. The Balaban J connectivity index is 1.41. The third kappa shape index (κ3) is 4.11. The predicted molar refractivity (Wildman–Crippen MR) is 105 cm³/mol. The van der Waals surface area contributed by atoms with E-state index in [2.05, 4.69) is 15.5 Å². The van der Waals surface area contributed by atoms with Crippen LogP contribution in [-0.4, -0.2) is 27.6 Å². The van der Waals surface area contributed by atoms with Gasteiger partial charge in [0.25, 0.3) is 11.6 Å². The number of rotatable bonds is 5. The molecule has 0 fully saturated rings. The smallest absolute Gasteiger partial charge is 0.270 e. The van der Waals surface area contributed by atoms with E-state index in [4.69, 9.17) is 4.84 Å². The number of hydrogen-bond donors (Lipinski definition) is 1. The van der Waals surface area contributed by atoms with Gasteiger partial charge in [0.15, 0.2) is 5.13 Å². The van der Waals surface area contributed by atoms with Gasteiger partial charge in [-0.3, -0.25) is 20.2 Å². The summed E-state index contributed by atoms with van der Waals surface area (Å²) in [5.74, 6) is -0.824. The molecule has 10 heteroatoms. The minimum absolute atomic E-state index is 0.0394. The Hall–Kier alpha value is -3.66. The van der Waals surface area contributed by atoms with E-state index in [0.717, 1.165) is 0 Å². The van der Waals surface area contributed by atoms with Crippen LogP contribution in [0.2, 0.25) is 0 Å². The van der Waals surface area contributed by atoms with Crippen molar-refractivity contribution in [1.82, 2.24) is 4.98 Å². The largest absolute Gasteiger partial charge is 0.382 e. The molecule has 1 unspecified atom stereocenters. The molecule has 0 bridgehead atoms. The fourth-order valence-electron chi connectivity index (χ4n) is 2.78. The van der Waals surface area contributed by atoms with Crippen molar-refractivity contribution < 1.29 is 18.9 Å². The zero-order valence-electron chi connectivity index (χ0n) is 14.7. The maximum atomic E-state index is 13.4. The summed E-state index contributed by atoms with van der Waals surface area (Å²) in [7, 11) is 0. The number of hydrogen-bond acceptors (Lipinski definition) is 7. The van der Waals surface area contributed by atoms with E-state index in [9.17, 15) is 19.3 Å². The van der Waals surface area contributed by atoms with Gasteiger partial charge in [0.05, 0.1) is 16.3 Å². The third-order valence-corrected chi connectivity index (χ3v) is 4.96. The average Bonchev–Trinajstić information content (AvgIpc) is 3.38. The highest BCUT2D eigenvalue weighted by atomic mass is 32.1. The number of carbonyl (C=O) groups is 1. The highest BCUT2D eigenvalue weighted by Crippen LogP contribution is 2.28. The molecule has 1 aliphatic heterocycles. The zero-order valence-corrected chi connectivity index (χ0v) is 15.6. The molecule has 0 aliphatic carbocycles. The molecule has 8 nitrogen and oxygen atoms in total. The van der Waals surface area contributed by atoms with Gasteiger partial charge < -0.3 is 4.84 Å². The maximum absolute atomic E-state index is 13.4. The SMILES string of the molecule is O=C(Nc1nc(-c2cccc([N+](=O)[O-])c2)cs1)C1CC(c2cccc(F)c2)=NO1. The lowest BCUT2D eigenvalue weighted by molar-refractivity contribution is -0.384. The molecule has 0 saturated carbocycles. The first kappa shape index (κ1) is 18.7. The molecule has 3 aromatic rings. The van der Waals surface area contributed by atoms with Gasteiger partial charge in [0.2, 0.25) is 6.10 Å². The number of anilines is 1. The number of aromatic nitrogens is 1. The van der Waals surface area contributed by atoms with Crippen LogP contribution in [0.15, 0.2) is 59.1 Å². The first-order chi connectivity index (χ1) is 14.0. The number of halogens is 1. The normalized spacial score (nSPS) is 15.5. The van der Waals surface area contributed by atoms with Crippen molar-refractivity contribution in [2.24, 2.45) is 5.16 Å². The second-order valence-corrected chi connectivity index (χ2v) is 7.04. The summed E-state index contributed by atoms with van der Waals surface area (Å²) in [5.41, 5.74) is 2.09. The number of amides is 1. The number of oxime groups is 1. The molecule has 1 N–H and O–H groups in total. The van der Waals surface area contributed by atoms with Gasteiger partial charge >= 0.3 is 0 Å². The molecule has 29 heavy (non-hydrogen) atoms. The van der Waals surface area contributed by atoms with Crippen molar-refractivity contribution in [3.8, 4) is 11.3 Å². The van der Waals surface area contributed by atoms with Crippen LogP contribution >= 0.6 is 11.3 Å². The molecular weight excluding hydrogens is 399 g/mol. The lowest BCUT2D eigenvalue weighted by atomic mass is 10.0. The minimum Gasteiger partial charge on any atom is -0.382 e. The van der Waals surface area contributed by atoms with Crippen LogP contribution in [0.25, 0.3) is 11.3 Å². The van der Waals surface area contributed by atoms with Crippen LogP contribution in [0.1, 0.15) is 12.0 Å². The van der Waals surface area contributed by atoms with Gasteiger partial charge in [-0.2, -0.15) is 0 Å². The van der Waals surface area contributed by atoms with Crippen LogP contribution in [0, 0.1) is 15.9 Å². The molecule has 1 aliphatic rings. The summed E-state index contributed by atoms with van der Waals surface area (Å²) in [6.45, 7) is 0. The summed E-state index contributed by atoms with van der Waals surface area (Å²) in [6, 6.07) is 12.0. The number of non-ortho nitro benzene ring substituents is 1. The van der Waals surface area contributed by atoms with E-state index >= 15 is 0 Å². The molecule has 0 spiro atoms. The molecule has 1 aromatic heterocycles. The Morgan fingerprint density at radius 3 is 2.83 bits per heavy atom. The van der Waals surface area contributed by atoms with Gasteiger partial charge in [0, 0.05) is 35.1 Å². The molecule has 2 aromatic carbocycles. The average molecular weight is 412 g/mol. The van der Waals surface area contributed by atoms with Crippen molar-refractivity contribution >= 4 is 33.8 Å². The second-order valence-electron chi connectivity index (χ2n) is 6.18. The highest BCUT2D eigenvalue weighted by molar-refractivity contribution is 7.14. The Kier molecular flexibility index (Phi) is 5.00. The summed E-state index contributed by atoms with van der Waals surface area (Å²) in [6.07, 6.45) is -0.642. The van der Waals surface area contributed by atoms with Crippen molar-refractivity contribution in [3.63, 3.8) is 0 Å². The molecule has 0 saturated heterocycles.